The van der Waals surface area contributed by atoms with Crippen LogP contribution < -0.4 is 4.90 Å². The minimum Gasteiger partial charge on any atom is -0.455 e. The highest BCUT2D eigenvalue weighted by molar-refractivity contribution is 6.17. The van der Waals surface area contributed by atoms with Crippen LogP contribution in [0.15, 0.2) is 241 Å². The highest BCUT2D eigenvalue weighted by Crippen LogP contribution is 2.60. The van der Waals surface area contributed by atoms with E-state index in [9.17, 15) is 0 Å². The lowest BCUT2D eigenvalue weighted by atomic mass is 9.68. The second kappa shape index (κ2) is 14.1. The Morgan fingerprint density at radius 2 is 0.869 bits per heavy atom. The molecule has 0 amide bonds. The van der Waals surface area contributed by atoms with Gasteiger partial charge in [0.2, 0.25) is 0 Å². The van der Waals surface area contributed by atoms with Crippen LogP contribution in [-0.4, -0.2) is 0 Å². The molecule has 286 valence electrons. The van der Waals surface area contributed by atoms with Crippen LogP contribution in [0.5, 0.6) is 0 Å². The largest absolute Gasteiger partial charge is 0.455 e. The van der Waals surface area contributed by atoms with E-state index in [0.29, 0.717) is 0 Å². The highest BCUT2D eigenvalue weighted by Gasteiger charge is 2.47. The Morgan fingerprint density at radius 3 is 1.64 bits per heavy atom. The summed E-state index contributed by atoms with van der Waals surface area (Å²) >= 11 is 0. The van der Waals surface area contributed by atoms with Gasteiger partial charge in [-0.2, -0.15) is 0 Å². The lowest BCUT2D eigenvalue weighted by molar-refractivity contribution is 0.674. The second-order valence-electron chi connectivity index (χ2n) is 15.9. The molecule has 10 aromatic carbocycles. The van der Waals surface area contributed by atoms with Gasteiger partial charge < -0.3 is 9.32 Å². The van der Waals surface area contributed by atoms with Crippen LogP contribution in [0.1, 0.15) is 22.3 Å². The van der Waals surface area contributed by atoms with Crippen molar-refractivity contribution in [3.63, 3.8) is 0 Å². The molecular weight excluding hydrogens is 739 g/mol. The summed E-state index contributed by atoms with van der Waals surface area (Å²) in [4.78, 5) is 2.47. The van der Waals surface area contributed by atoms with Crippen molar-refractivity contribution in [2.24, 2.45) is 0 Å². The summed E-state index contributed by atoms with van der Waals surface area (Å²) in [6.45, 7) is 0. The number of benzene rings is 10. The first-order valence-electron chi connectivity index (χ1n) is 21.0. The molecule has 0 atom stereocenters. The van der Waals surface area contributed by atoms with Gasteiger partial charge in [-0.05, 0) is 74.7 Å². The van der Waals surface area contributed by atoms with Gasteiger partial charge in [0.25, 0.3) is 0 Å². The van der Waals surface area contributed by atoms with Gasteiger partial charge in [-0.15, -0.1) is 0 Å². The Hall–Kier alpha value is -7.94. The zero-order valence-electron chi connectivity index (χ0n) is 33.4. The molecule has 2 nitrogen and oxygen atoms in total. The zero-order chi connectivity index (χ0) is 40.3. The molecule has 1 aliphatic carbocycles. The molecule has 0 N–H and O–H groups in total. The lowest BCUT2D eigenvalue weighted by Crippen LogP contribution is -2.28. The molecule has 0 saturated carbocycles. The molecule has 1 heterocycles. The minimum absolute atomic E-state index is 0.518. The summed E-state index contributed by atoms with van der Waals surface area (Å²) < 4.78 is 6.80. The summed E-state index contributed by atoms with van der Waals surface area (Å²) in [7, 11) is 0. The SMILES string of the molecule is c1ccc(-c2ccccc2N(c2ccc(-c3cccc4c3oc3c5ccccc5ccc43)cc2)c2cccc3c2-c2ccccc2C3(c2ccccc2)c2ccccc2)cc1. The van der Waals surface area contributed by atoms with E-state index in [4.69, 9.17) is 4.42 Å². The molecule has 0 bridgehead atoms. The average Bonchev–Trinajstić information content (AvgIpc) is 3.88. The third-order valence-electron chi connectivity index (χ3n) is 12.8. The fraction of sp³-hybridized carbons (Fsp3) is 0.0169. The maximum Gasteiger partial charge on any atom is 0.143 e. The van der Waals surface area contributed by atoms with Gasteiger partial charge in [0.05, 0.1) is 16.8 Å². The molecule has 11 aromatic rings. The van der Waals surface area contributed by atoms with Crippen molar-refractivity contribution < 1.29 is 4.42 Å². The third kappa shape index (κ3) is 5.36. The Morgan fingerprint density at radius 1 is 0.328 bits per heavy atom. The smallest absolute Gasteiger partial charge is 0.143 e. The van der Waals surface area contributed by atoms with Crippen LogP contribution in [0.4, 0.5) is 17.1 Å². The number of hydrogen-bond donors (Lipinski definition) is 0. The first-order valence-corrected chi connectivity index (χ1v) is 21.0. The molecule has 1 aliphatic rings. The monoisotopic (exact) mass is 777 g/mol. The van der Waals surface area contributed by atoms with E-state index in [0.717, 1.165) is 61.1 Å². The molecule has 0 aliphatic heterocycles. The first kappa shape index (κ1) is 35.0. The first-order chi connectivity index (χ1) is 30.3. The summed E-state index contributed by atoms with van der Waals surface area (Å²) in [5.74, 6) is 0. The van der Waals surface area contributed by atoms with Gasteiger partial charge in [-0.25, -0.2) is 0 Å². The Labute approximate surface area is 355 Å². The molecule has 12 rings (SSSR count). The van der Waals surface area contributed by atoms with Crippen LogP contribution in [0.25, 0.3) is 66.1 Å². The average molecular weight is 778 g/mol. The topological polar surface area (TPSA) is 16.4 Å². The van der Waals surface area contributed by atoms with Crippen molar-refractivity contribution >= 4 is 49.8 Å². The normalized spacial score (nSPS) is 12.7. The molecule has 61 heavy (non-hydrogen) atoms. The molecule has 0 radical (unpaired) electrons. The predicted molar refractivity (Wildman–Crippen MR) is 254 cm³/mol. The summed E-state index contributed by atoms with van der Waals surface area (Å²) in [6.07, 6.45) is 0. The van der Waals surface area contributed by atoms with Gasteiger partial charge in [0.1, 0.15) is 11.2 Å². The van der Waals surface area contributed by atoms with Gasteiger partial charge >= 0.3 is 0 Å². The molecule has 0 fully saturated rings. The Bertz CT molecular complexity index is 3360. The van der Waals surface area contributed by atoms with Gasteiger partial charge in [0, 0.05) is 38.5 Å². The quantitative estimate of drug-likeness (QED) is 0.160. The highest BCUT2D eigenvalue weighted by atomic mass is 16.3. The van der Waals surface area contributed by atoms with Crippen molar-refractivity contribution in [1.82, 2.24) is 0 Å². The number of para-hydroxylation sites is 2. The minimum atomic E-state index is -0.518. The zero-order valence-corrected chi connectivity index (χ0v) is 33.4. The van der Waals surface area contributed by atoms with Crippen LogP contribution in [0.3, 0.4) is 0 Å². The fourth-order valence-electron chi connectivity index (χ4n) is 10.1. The number of fused-ring (bicyclic) bond motifs is 8. The lowest BCUT2D eigenvalue weighted by Gasteiger charge is -2.34. The summed E-state index contributed by atoms with van der Waals surface area (Å²) in [6, 6.07) is 85.9. The number of anilines is 3. The molecular formula is C59H39NO. The van der Waals surface area contributed by atoms with Crippen LogP contribution >= 0.6 is 0 Å². The van der Waals surface area contributed by atoms with E-state index in [2.05, 4.69) is 241 Å². The maximum atomic E-state index is 6.80. The van der Waals surface area contributed by atoms with E-state index in [1.165, 1.54) is 44.3 Å². The van der Waals surface area contributed by atoms with Crippen molar-refractivity contribution in [1.29, 1.82) is 0 Å². The number of hydrogen-bond acceptors (Lipinski definition) is 2. The van der Waals surface area contributed by atoms with Gasteiger partial charge in [0.15, 0.2) is 0 Å². The van der Waals surface area contributed by atoms with Gasteiger partial charge in [-0.1, -0.05) is 206 Å². The van der Waals surface area contributed by atoms with E-state index >= 15 is 0 Å². The Kier molecular flexibility index (Phi) is 8.11. The molecule has 0 spiro atoms. The van der Waals surface area contributed by atoms with E-state index in [1.54, 1.807) is 0 Å². The van der Waals surface area contributed by atoms with Crippen molar-refractivity contribution in [3.05, 3.63) is 259 Å². The van der Waals surface area contributed by atoms with Crippen molar-refractivity contribution in [2.45, 2.75) is 5.41 Å². The van der Waals surface area contributed by atoms with Crippen LogP contribution in [0.2, 0.25) is 0 Å². The van der Waals surface area contributed by atoms with E-state index in [-0.39, 0.29) is 0 Å². The number of rotatable bonds is 7. The predicted octanol–water partition coefficient (Wildman–Crippen LogP) is 15.9. The van der Waals surface area contributed by atoms with Gasteiger partial charge in [-0.3, -0.25) is 0 Å². The molecule has 2 heteroatoms. The summed E-state index contributed by atoms with van der Waals surface area (Å²) in [5.41, 5.74) is 16.6. The van der Waals surface area contributed by atoms with Crippen molar-refractivity contribution in [2.75, 3.05) is 4.90 Å². The summed E-state index contributed by atoms with van der Waals surface area (Å²) in [5, 5.41) is 4.57. The van der Waals surface area contributed by atoms with E-state index in [1.807, 2.05) is 0 Å². The molecule has 1 aromatic heterocycles. The number of nitrogens with zero attached hydrogens (tertiary/aromatic N) is 1. The van der Waals surface area contributed by atoms with Crippen molar-refractivity contribution in [3.8, 4) is 33.4 Å². The molecule has 0 saturated heterocycles. The van der Waals surface area contributed by atoms with Crippen LogP contribution in [-0.2, 0) is 5.41 Å². The molecule has 0 unspecified atom stereocenters. The third-order valence-corrected chi connectivity index (χ3v) is 12.8. The fourth-order valence-corrected chi connectivity index (χ4v) is 10.1. The van der Waals surface area contributed by atoms with E-state index < -0.39 is 5.41 Å². The Balaban J connectivity index is 1.09. The van der Waals surface area contributed by atoms with Crippen LogP contribution in [0, 0.1) is 0 Å². The maximum absolute atomic E-state index is 6.80. The second-order valence-corrected chi connectivity index (χ2v) is 15.9. The number of furan rings is 1. The standard InChI is InChI=1S/C59H39NO/c1-4-18-40(19-5-1)46-25-13-15-32-54(46)60(45-37-34-42(35-38-45)48-28-16-29-49-50-39-36-41-20-10-11-26-47(41)58(50)61-57(48)49)55-33-17-31-53-56(55)51-27-12-14-30-52(51)59(53,43-21-6-2-7-22-43)44-23-8-3-9-24-44/h1-39H.